The summed E-state index contributed by atoms with van der Waals surface area (Å²) in [6.07, 6.45) is 0. The second kappa shape index (κ2) is 8.73. The first-order chi connectivity index (χ1) is 12.7. The summed E-state index contributed by atoms with van der Waals surface area (Å²) in [6.45, 7) is 1.91. The molecule has 6 nitrogen and oxygen atoms in total. The summed E-state index contributed by atoms with van der Waals surface area (Å²) >= 11 is 7.66. The van der Waals surface area contributed by atoms with Crippen molar-refractivity contribution >= 4 is 35.0 Å². The third-order valence-electron chi connectivity index (χ3n) is 3.62. The molecule has 0 amide bonds. The van der Waals surface area contributed by atoms with Crippen molar-refractivity contribution in [1.29, 1.82) is 0 Å². The highest BCUT2D eigenvalue weighted by molar-refractivity contribution is 7.98. The van der Waals surface area contributed by atoms with Gasteiger partial charge in [0.25, 0.3) is 0 Å². The number of H-pyrrole nitrogens is 1. The first-order valence-corrected chi connectivity index (χ1v) is 9.25. The Labute approximate surface area is 161 Å². The van der Waals surface area contributed by atoms with Crippen LogP contribution in [0.4, 0.5) is 5.95 Å². The molecule has 0 bridgehead atoms. The van der Waals surface area contributed by atoms with Gasteiger partial charge in [0, 0.05) is 10.8 Å². The summed E-state index contributed by atoms with van der Waals surface area (Å²) in [6, 6.07) is 15.4. The molecule has 0 spiro atoms. The lowest BCUT2D eigenvalue weighted by molar-refractivity contribution is 0.415. The smallest absolute Gasteiger partial charge is 0.240 e. The number of hydrazone groups is 1. The molecular weight excluding hydrogens is 370 g/mol. The Kier molecular flexibility index (Phi) is 6.14. The van der Waals surface area contributed by atoms with Crippen molar-refractivity contribution < 1.29 is 4.74 Å². The van der Waals surface area contributed by atoms with Crippen molar-refractivity contribution in [3.05, 3.63) is 64.7 Å². The molecule has 134 valence electrons. The van der Waals surface area contributed by atoms with Crippen molar-refractivity contribution in [3.8, 4) is 5.75 Å². The predicted octanol–water partition coefficient (Wildman–Crippen LogP) is 4.60. The molecule has 2 N–H and O–H groups in total. The van der Waals surface area contributed by atoms with Crippen LogP contribution >= 0.6 is 23.4 Å². The fourth-order valence-corrected chi connectivity index (χ4v) is 3.24. The van der Waals surface area contributed by atoms with Gasteiger partial charge in [0.15, 0.2) is 0 Å². The molecule has 0 aliphatic rings. The third-order valence-corrected chi connectivity index (χ3v) is 4.88. The van der Waals surface area contributed by atoms with Crippen LogP contribution in [0.25, 0.3) is 0 Å². The van der Waals surface area contributed by atoms with Crippen LogP contribution < -0.4 is 10.2 Å². The lowest BCUT2D eigenvalue weighted by Crippen LogP contribution is -2.00. The van der Waals surface area contributed by atoms with Gasteiger partial charge in [0.1, 0.15) is 5.75 Å². The van der Waals surface area contributed by atoms with E-state index < -0.39 is 0 Å². The number of methoxy groups -OCH3 is 1. The van der Waals surface area contributed by atoms with E-state index in [0.717, 1.165) is 27.6 Å². The van der Waals surface area contributed by atoms with Crippen molar-refractivity contribution in [2.75, 3.05) is 12.5 Å². The van der Waals surface area contributed by atoms with Crippen LogP contribution in [0.5, 0.6) is 5.75 Å². The summed E-state index contributed by atoms with van der Waals surface area (Å²) in [5, 5.41) is 12.7. The van der Waals surface area contributed by atoms with Gasteiger partial charge in [-0.25, -0.2) is 10.5 Å². The number of thioether (sulfide) groups is 1. The maximum atomic E-state index is 6.16. The second-order valence-electron chi connectivity index (χ2n) is 5.38. The fraction of sp³-hybridized carbons (Fsp3) is 0.167. The molecule has 8 heteroatoms. The second-order valence-corrected chi connectivity index (χ2v) is 6.73. The monoisotopic (exact) mass is 387 g/mol. The quantitative estimate of drug-likeness (QED) is 0.352. The Morgan fingerprint density at radius 1 is 1.23 bits per heavy atom. The molecule has 3 rings (SSSR count). The minimum atomic E-state index is 0.486. The topological polar surface area (TPSA) is 75.2 Å². The predicted molar refractivity (Wildman–Crippen MR) is 106 cm³/mol. The highest BCUT2D eigenvalue weighted by Crippen LogP contribution is 2.24. The van der Waals surface area contributed by atoms with E-state index in [9.17, 15) is 0 Å². The van der Waals surface area contributed by atoms with Crippen LogP contribution in [-0.4, -0.2) is 28.0 Å². The van der Waals surface area contributed by atoms with Crippen molar-refractivity contribution in [1.82, 2.24) is 15.2 Å². The Balaban J connectivity index is 1.58. The Morgan fingerprint density at radius 2 is 2.00 bits per heavy atom. The van der Waals surface area contributed by atoms with Crippen LogP contribution in [0.1, 0.15) is 18.1 Å². The van der Waals surface area contributed by atoms with Crippen molar-refractivity contribution in [2.45, 2.75) is 17.8 Å². The molecule has 2 aromatic carbocycles. The number of aromatic amines is 1. The summed E-state index contributed by atoms with van der Waals surface area (Å²) < 4.78 is 5.15. The number of benzene rings is 2. The molecule has 0 saturated heterocycles. The normalized spacial score (nSPS) is 11.4. The molecule has 0 unspecified atom stereocenters. The average Bonchev–Trinajstić information content (AvgIpc) is 3.13. The molecule has 1 heterocycles. The minimum Gasteiger partial charge on any atom is -0.497 e. The zero-order chi connectivity index (χ0) is 18.4. The van der Waals surface area contributed by atoms with E-state index in [1.165, 1.54) is 11.8 Å². The number of hydrogen-bond donors (Lipinski definition) is 2. The zero-order valence-electron chi connectivity index (χ0n) is 14.4. The number of nitrogens with zero attached hydrogens (tertiary/aromatic N) is 3. The van der Waals surface area contributed by atoms with Gasteiger partial charge in [-0.05, 0) is 48.4 Å². The fourth-order valence-electron chi connectivity index (χ4n) is 2.15. The molecule has 0 saturated carbocycles. The van der Waals surface area contributed by atoms with E-state index in [0.29, 0.717) is 16.9 Å². The molecule has 1 aromatic heterocycles. The van der Waals surface area contributed by atoms with Gasteiger partial charge in [-0.1, -0.05) is 41.6 Å². The molecule has 0 fully saturated rings. The van der Waals surface area contributed by atoms with Crippen LogP contribution in [-0.2, 0) is 5.75 Å². The highest BCUT2D eigenvalue weighted by atomic mass is 35.5. The molecule has 0 aliphatic heterocycles. The Hall–Kier alpha value is -2.51. The first kappa shape index (κ1) is 18.3. The van der Waals surface area contributed by atoms with Gasteiger partial charge in [-0.3, -0.25) is 0 Å². The van der Waals surface area contributed by atoms with E-state index >= 15 is 0 Å². The number of anilines is 1. The Bertz CT molecular complexity index is 895. The van der Waals surface area contributed by atoms with E-state index in [-0.39, 0.29) is 0 Å². The third kappa shape index (κ3) is 4.77. The first-order valence-electron chi connectivity index (χ1n) is 7.89. The maximum absolute atomic E-state index is 6.16. The maximum Gasteiger partial charge on any atom is 0.240 e. The number of ether oxygens (including phenoxy) is 1. The van der Waals surface area contributed by atoms with Gasteiger partial charge >= 0.3 is 0 Å². The van der Waals surface area contributed by atoms with Crippen LogP contribution in [0.15, 0.2) is 58.8 Å². The number of hydrogen-bond acceptors (Lipinski definition) is 6. The zero-order valence-corrected chi connectivity index (χ0v) is 15.9. The number of aromatic nitrogens is 3. The molecular formula is C18H18ClN5OS. The summed E-state index contributed by atoms with van der Waals surface area (Å²) in [5.74, 6) is 2.00. The summed E-state index contributed by atoms with van der Waals surface area (Å²) in [7, 11) is 1.64. The standard InChI is InChI=1S/C18H18ClN5OS/c1-12(13-7-9-15(25-2)10-8-13)21-22-17-20-18(24-23-17)26-11-14-5-3-4-6-16(14)19/h3-10H,11H2,1-2H3,(H2,20,22,23,24)/b21-12+. The SMILES string of the molecule is COc1ccc(/C(C)=N/Nc2nc(SCc3ccccc3Cl)n[nH]2)cc1. The van der Waals surface area contributed by atoms with Gasteiger partial charge in [0.2, 0.25) is 11.1 Å². The van der Waals surface area contributed by atoms with Crippen molar-refractivity contribution in [2.24, 2.45) is 5.10 Å². The van der Waals surface area contributed by atoms with Gasteiger partial charge in [-0.2, -0.15) is 10.1 Å². The van der Waals surface area contributed by atoms with Crippen LogP contribution in [0.3, 0.4) is 0 Å². The number of halogens is 1. The lowest BCUT2D eigenvalue weighted by atomic mass is 10.1. The van der Waals surface area contributed by atoms with Gasteiger partial charge in [-0.15, -0.1) is 5.10 Å². The van der Waals surface area contributed by atoms with Crippen LogP contribution in [0.2, 0.25) is 5.02 Å². The van der Waals surface area contributed by atoms with E-state index in [2.05, 4.69) is 25.7 Å². The molecule has 0 radical (unpaired) electrons. The van der Waals surface area contributed by atoms with Gasteiger partial charge < -0.3 is 4.74 Å². The van der Waals surface area contributed by atoms with Crippen molar-refractivity contribution in [3.63, 3.8) is 0 Å². The van der Waals surface area contributed by atoms with E-state index in [1.807, 2.05) is 55.5 Å². The van der Waals surface area contributed by atoms with E-state index in [4.69, 9.17) is 16.3 Å². The Morgan fingerprint density at radius 3 is 2.73 bits per heavy atom. The average molecular weight is 388 g/mol. The highest BCUT2D eigenvalue weighted by Gasteiger charge is 2.06. The molecule has 26 heavy (non-hydrogen) atoms. The minimum absolute atomic E-state index is 0.486. The number of rotatable bonds is 7. The summed E-state index contributed by atoms with van der Waals surface area (Å²) in [4.78, 5) is 4.36. The molecule has 3 aromatic rings. The van der Waals surface area contributed by atoms with Gasteiger partial charge in [0.05, 0.1) is 12.8 Å². The van der Waals surface area contributed by atoms with E-state index in [1.54, 1.807) is 7.11 Å². The lowest BCUT2D eigenvalue weighted by Gasteiger charge is -2.03. The molecule has 0 aliphatic carbocycles. The van der Waals surface area contributed by atoms with Crippen LogP contribution in [0, 0.1) is 0 Å². The summed E-state index contributed by atoms with van der Waals surface area (Å²) in [5.41, 5.74) is 5.76. The largest absolute Gasteiger partial charge is 0.497 e. The molecule has 0 atom stereocenters. The number of nitrogens with one attached hydrogen (secondary N) is 2.